The Balaban J connectivity index is 1.33. The Hall–Kier alpha value is -2.05. The molecule has 1 aromatic heterocycles. The number of carbonyl (C=O) groups excluding carboxylic acids is 1. The predicted molar refractivity (Wildman–Crippen MR) is 117 cm³/mol. The third-order valence-electron chi connectivity index (χ3n) is 4.67. The lowest BCUT2D eigenvalue weighted by molar-refractivity contribution is -0.113. The fourth-order valence-corrected chi connectivity index (χ4v) is 5.24. The van der Waals surface area contributed by atoms with Crippen LogP contribution in [0.1, 0.15) is 24.3 Å². The summed E-state index contributed by atoms with van der Waals surface area (Å²) in [6.07, 6.45) is 3.74. The zero-order valence-electron chi connectivity index (χ0n) is 15.2. The summed E-state index contributed by atoms with van der Waals surface area (Å²) in [7, 11) is 0. The van der Waals surface area contributed by atoms with Crippen LogP contribution in [0.4, 0.5) is 11.4 Å². The minimum atomic E-state index is 0.0468. The number of aromatic nitrogens is 1. The molecule has 2 aromatic carbocycles. The lowest BCUT2D eigenvalue weighted by atomic mass is 10.1. The largest absolute Gasteiger partial charge is 0.370 e. The van der Waals surface area contributed by atoms with E-state index in [0.717, 1.165) is 40.7 Å². The summed E-state index contributed by atoms with van der Waals surface area (Å²) >= 11 is 3.32. The zero-order chi connectivity index (χ0) is 18.5. The highest BCUT2D eigenvalue weighted by atomic mass is 32.2. The predicted octanol–water partition coefficient (Wildman–Crippen LogP) is 5.16. The third kappa shape index (κ3) is 4.62. The standard InChI is InChI=1S/C21H23N3OS2/c25-20(14-26-15-21-23-17-9-3-5-11-19(17)27-21)22-16-8-2-4-10-18(16)24-12-6-1-7-13-24/h2-5,8-11H,1,6-7,12-15H2,(H,22,25). The second kappa shape index (κ2) is 8.76. The lowest BCUT2D eigenvalue weighted by Gasteiger charge is -2.30. The number of hydrogen-bond donors (Lipinski definition) is 1. The van der Waals surface area contributed by atoms with Crippen LogP contribution in [-0.4, -0.2) is 29.7 Å². The summed E-state index contributed by atoms with van der Waals surface area (Å²) in [5.74, 6) is 1.25. The van der Waals surface area contributed by atoms with Gasteiger partial charge >= 0.3 is 0 Å². The number of benzene rings is 2. The van der Waals surface area contributed by atoms with E-state index in [1.807, 2.05) is 36.4 Å². The Kier molecular flexibility index (Phi) is 5.94. The maximum absolute atomic E-state index is 12.4. The maximum Gasteiger partial charge on any atom is 0.234 e. The smallest absolute Gasteiger partial charge is 0.234 e. The van der Waals surface area contributed by atoms with Crippen LogP contribution in [0.5, 0.6) is 0 Å². The van der Waals surface area contributed by atoms with Crippen molar-refractivity contribution in [2.75, 3.05) is 29.1 Å². The number of anilines is 2. The van der Waals surface area contributed by atoms with Gasteiger partial charge in [-0.1, -0.05) is 24.3 Å². The van der Waals surface area contributed by atoms with Crippen molar-refractivity contribution in [1.29, 1.82) is 0 Å². The number of piperidine rings is 1. The van der Waals surface area contributed by atoms with Gasteiger partial charge in [0.05, 0.1) is 27.3 Å². The first kappa shape index (κ1) is 18.3. The van der Waals surface area contributed by atoms with Gasteiger partial charge in [0, 0.05) is 18.8 Å². The highest BCUT2D eigenvalue weighted by Gasteiger charge is 2.15. The van der Waals surface area contributed by atoms with Crippen LogP contribution in [0.2, 0.25) is 0 Å². The minimum absolute atomic E-state index is 0.0468. The van der Waals surface area contributed by atoms with Gasteiger partial charge in [0.15, 0.2) is 0 Å². The van der Waals surface area contributed by atoms with Gasteiger partial charge in [-0.25, -0.2) is 4.98 Å². The van der Waals surface area contributed by atoms with Crippen LogP contribution in [0.3, 0.4) is 0 Å². The average molecular weight is 398 g/mol. The quantitative estimate of drug-likeness (QED) is 0.624. The molecule has 4 rings (SSSR count). The highest BCUT2D eigenvalue weighted by molar-refractivity contribution is 7.99. The van der Waals surface area contributed by atoms with Crippen molar-refractivity contribution in [1.82, 2.24) is 4.98 Å². The number of nitrogens with zero attached hydrogens (tertiary/aromatic N) is 2. The van der Waals surface area contributed by atoms with Crippen molar-refractivity contribution < 1.29 is 4.79 Å². The van der Waals surface area contributed by atoms with Crippen molar-refractivity contribution in [3.8, 4) is 0 Å². The van der Waals surface area contributed by atoms with Crippen molar-refractivity contribution in [2.45, 2.75) is 25.0 Å². The van der Waals surface area contributed by atoms with E-state index in [1.54, 1.807) is 23.1 Å². The Labute approximate surface area is 168 Å². The van der Waals surface area contributed by atoms with Gasteiger partial charge in [0.25, 0.3) is 0 Å². The number of para-hydroxylation sites is 3. The summed E-state index contributed by atoms with van der Waals surface area (Å²) in [6.45, 7) is 2.14. The number of amides is 1. The van der Waals surface area contributed by atoms with E-state index in [-0.39, 0.29) is 5.91 Å². The topological polar surface area (TPSA) is 45.2 Å². The Morgan fingerprint density at radius 3 is 2.70 bits per heavy atom. The van der Waals surface area contributed by atoms with E-state index < -0.39 is 0 Å². The molecule has 0 saturated carbocycles. The van der Waals surface area contributed by atoms with Crippen LogP contribution in [0.25, 0.3) is 10.2 Å². The molecule has 140 valence electrons. The maximum atomic E-state index is 12.4. The first-order valence-electron chi connectivity index (χ1n) is 9.35. The molecule has 1 aliphatic rings. The molecule has 0 bridgehead atoms. The molecular weight excluding hydrogens is 374 g/mol. The fraction of sp³-hybridized carbons (Fsp3) is 0.333. The SMILES string of the molecule is O=C(CSCc1nc2ccccc2s1)Nc1ccccc1N1CCCCC1. The third-order valence-corrected chi connectivity index (χ3v) is 6.83. The molecule has 1 fully saturated rings. The van der Waals surface area contributed by atoms with Gasteiger partial charge in [0.1, 0.15) is 5.01 Å². The zero-order valence-corrected chi connectivity index (χ0v) is 16.8. The van der Waals surface area contributed by atoms with Crippen LogP contribution >= 0.6 is 23.1 Å². The molecule has 1 N–H and O–H groups in total. The summed E-state index contributed by atoms with van der Waals surface area (Å²) in [5.41, 5.74) is 3.10. The number of fused-ring (bicyclic) bond motifs is 1. The molecule has 0 radical (unpaired) electrons. The van der Waals surface area contributed by atoms with E-state index in [1.165, 1.54) is 24.0 Å². The monoisotopic (exact) mass is 397 g/mol. The second-order valence-electron chi connectivity index (χ2n) is 6.68. The van der Waals surface area contributed by atoms with Gasteiger partial charge in [-0.3, -0.25) is 4.79 Å². The molecule has 27 heavy (non-hydrogen) atoms. The van der Waals surface area contributed by atoms with Crippen molar-refractivity contribution in [2.24, 2.45) is 0 Å². The summed E-state index contributed by atoms with van der Waals surface area (Å²) in [6, 6.07) is 16.3. The molecule has 0 unspecified atom stereocenters. The molecule has 6 heteroatoms. The van der Waals surface area contributed by atoms with Gasteiger partial charge in [-0.15, -0.1) is 23.1 Å². The van der Waals surface area contributed by atoms with Crippen molar-refractivity contribution in [3.63, 3.8) is 0 Å². The fourth-order valence-electron chi connectivity index (χ4n) is 3.39. The summed E-state index contributed by atoms with van der Waals surface area (Å²) in [5, 5.41) is 4.17. The lowest BCUT2D eigenvalue weighted by Crippen LogP contribution is -2.30. The summed E-state index contributed by atoms with van der Waals surface area (Å²) in [4.78, 5) is 19.5. The molecule has 2 heterocycles. The number of hydrogen-bond acceptors (Lipinski definition) is 5. The van der Waals surface area contributed by atoms with Crippen LogP contribution in [0.15, 0.2) is 48.5 Å². The van der Waals surface area contributed by atoms with E-state index in [2.05, 4.69) is 27.3 Å². The van der Waals surface area contributed by atoms with Crippen LogP contribution in [-0.2, 0) is 10.5 Å². The van der Waals surface area contributed by atoms with E-state index in [9.17, 15) is 4.79 Å². The first-order valence-corrected chi connectivity index (χ1v) is 11.3. The number of nitrogens with one attached hydrogen (secondary N) is 1. The van der Waals surface area contributed by atoms with Gasteiger partial charge < -0.3 is 10.2 Å². The molecule has 0 aliphatic carbocycles. The molecule has 1 amide bonds. The van der Waals surface area contributed by atoms with Gasteiger partial charge in [0.2, 0.25) is 5.91 Å². The van der Waals surface area contributed by atoms with Crippen molar-refractivity contribution in [3.05, 3.63) is 53.5 Å². The molecule has 1 aliphatic heterocycles. The minimum Gasteiger partial charge on any atom is -0.370 e. The molecule has 3 aromatic rings. The molecular formula is C21H23N3OS2. The van der Waals surface area contributed by atoms with Gasteiger partial charge in [-0.05, 0) is 43.5 Å². The normalized spacial score (nSPS) is 14.4. The molecule has 4 nitrogen and oxygen atoms in total. The van der Waals surface area contributed by atoms with Crippen molar-refractivity contribution >= 4 is 50.6 Å². The average Bonchev–Trinajstić information content (AvgIpc) is 3.12. The molecule has 0 spiro atoms. The highest BCUT2D eigenvalue weighted by Crippen LogP contribution is 2.29. The Morgan fingerprint density at radius 2 is 1.85 bits per heavy atom. The van der Waals surface area contributed by atoms with E-state index in [0.29, 0.717) is 5.75 Å². The first-order chi connectivity index (χ1) is 13.3. The molecule has 0 atom stereocenters. The molecule has 1 saturated heterocycles. The second-order valence-corrected chi connectivity index (χ2v) is 8.78. The number of thioether (sulfide) groups is 1. The van der Waals surface area contributed by atoms with E-state index >= 15 is 0 Å². The van der Waals surface area contributed by atoms with Crippen LogP contribution in [0, 0.1) is 0 Å². The Bertz CT molecular complexity index is 885. The van der Waals surface area contributed by atoms with E-state index in [4.69, 9.17) is 0 Å². The number of carbonyl (C=O) groups is 1. The number of thiazole rings is 1. The number of rotatable bonds is 6. The summed E-state index contributed by atoms with van der Waals surface area (Å²) < 4.78 is 1.20. The Morgan fingerprint density at radius 1 is 1.07 bits per heavy atom. The van der Waals surface area contributed by atoms with Gasteiger partial charge in [-0.2, -0.15) is 0 Å². The van der Waals surface area contributed by atoms with Crippen LogP contribution < -0.4 is 10.2 Å².